The number of alkyl halides is 3. The summed E-state index contributed by atoms with van der Waals surface area (Å²) in [6.45, 7) is 1.86. The van der Waals surface area contributed by atoms with E-state index in [0.29, 0.717) is 5.82 Å². The fourth-order valence-corrected chi connectivity index (χ4v) is 3.58. The molecule has 1 aromatic heterocycles. The van der Waals surface area contributed by atoms with E-state index in [1.54, 1.807) is 24.0 Å². The molecule has 8 heteroatoms. The molecule has 2 fully saturated rings. The molecule has 1 atom stereocenters. The van der Waals surface area contributed by atoms with Crippen molar-refractivity contribution in [2.45, 2.75) is 44.4 Å². The van der Waals surface area contributed by atoms with Gasteiger partial charge in [0.05, 0.1) is 6.54 Å². The molecule has 1 aliphatic carbocycles. The molecule has 0 bridgehead atoms. The van der Waals surface area contributed by atoms with Gasteiger partial charge in [-0.25, -0.2) is 4.98 Å². The first kappa shape index (κ1) is 16.3. The number of carbonyl (C=O) groups excluding carboxylic acids is 1. The zero-order valence-corrected chi connectivity index (χ0v) is 13.1. The maximum Gasteiger partial charge on any atom is 0.397 e. The smallest absolute Gasteiger partial charge is 0.337 e. The average molecular weight is 330 g/mol. The van der Waals surface area contributed by atoms with E-state index in [4.69, 9.17) is 0 Å². The Bertz CT molecular complexity index is 578. The van der Waals surface area contributed by atoms with E-state index >= 15 is 0 Å². The number of hydrogen-bond acceptors (Lipinski definition) is 3. The molecular weight excluding hydrogens is 309 g/mol. The highest BCUT2D eigenvalue weighted by Crippen LogP contribution is 2.56. The highest BCUT2D eigenvalue weighted by molar-refractivity contribution is 5.77. The van der Waals surface area contributed by atoms with Crippen LogP contribution in [0.5, 0.6) is 0 Å². The third-order valence-electron chi connectivity index (χ3n) is 5.03. The summed E-state index contributed by atoms with van der Waals surface area (Å²) < 4.78 is 39.7. The summed E-state index contributed by atoms with van der Waals surface area (Å²) in [5.41, 5.74) is -0.00231. The van der Waals surface area contributed by atoms with Gasteiger partial charge in [0.25, 0.3) is 0 Å². The summed E-state index contributed by atoms with van der Waals surface area (Å²) in [5, 5.41) is 3.26. The van der Waals surface area contributed by atoms with Crippen molar-refractivity contribution in [2.75, 3.05) is 13.1 Å². The third-order valence-corrected chi connectivity index (χ3v) is 5.03. The zero-order chi connectivity index (χ0) is 16.7. The van der Waals surface area contributed by atoms with Gasteiger partial charge in [-0.1, -0.05) is 0 Å². The minimum absolute atomic E-state index is 0.00231. The topological polar surface area (TPSA) is 50.2 Å². The number of halogens is 3. The number of piperidine rings is 1. The number of rotatable bonds is 4. The fourth-order valence-electron chi connectivity index (χ4n) is 3.58. The average Bonchev–Trinajstić information content (AvgIpc) is 2.96. The molecule has 3 rings (SSSR count). The van der Waals surface area contributed by atoms with Gasteiger partial charge in [0.1, 0.15) is 12.2 Å². The maximum atomic E-state index is 12.7. The summed E-state index contributed by atoms with van der Waals surface area (Å²) in [6, 6.07) is -0.101. The van der Waals surface area contributed by atoms with Gasteiger partial charge in [0.15, 0.2) is 0 Å². The molecule has 0 aromatic carbocycles. The second-order valence-corrected chi connectivity index (χ2v) is 6.60. The Morgan fingerprint density at radius 2 is 2.17 bits per heavy atom. The first-order valence-corrected chi connectivity index (χ1v) is 7.84. The standard InChI is InChI=1S/C15H21F3N4O/c1-21-7-6-20-12(21)10-22(13(23)9-15(16,17)18)11-8-14(11)2-4-19-5-3-14/h6-7,11,19H,2-5,8-10H2,1H3. The van der Waals surface area contributed by atoms with Gasteiger partial charge in [0, 0.05) is 25.5 Å². The van der Waals surface area contributed by atoms with Crippen LogP contribution < -0.4 is 5.32 Å². The molecule has 0 radical (unpaired) electrons. The van der Waals surface area contributed by atoms with E-state index in [1.807, 2.05) is 0 Å². The van der Waals surface area contributed by atoms with Crippen molar-refractivity contribution in [3.8, 4) is 0 Å². The molecule has 5 nitrogen and oxygen atoms in total. The molecule has 1 aliphatic heterocycles. The molecule has 2 aliphatic rings. The SMILES string of the molecule is Cn1ccnc1CN(C(=O)CC(F)(F)F)C1CC12CCNCC2. The van der Waals surface area contributed by atoms with Gasteiger partial charge in [-0.3, -0.25) is 4.79 Å². The van der Waals surface area contributed by atoms with Crippen LogP contribution in [0.25, 0.3) is 0 Å². The van der Waals surface area contributed by atoms with Crippen LogP contribution in [0.1, 0.15) is 31.5 Å². The highest BCUT2D eigenvalue weighted by Gasteiger charge is 2.58. The van der Waals surface area contributed by atoms with E-state index in [-0.39, 0.29) is 18.0 Å². The Hall–Kier alpha value is -1.57. The van der Waals surface area contributed by atoms with E-state index in [1.165, 1.54) is 4.90 Å². The number of nitrogens with zero attached hydrogens (tertiary/aromatic N) is 3. The number of imidazole rings is 1. The third kappa shape index (κ3) is 3.52. The molecular formula is C15H21F3N4O. The van der Waals surface area contributed by atoms with E-state index in [9.17, 15) is 18.0 Å². The van der Waals surface area contributed by atoms with Gasteiger partial charge in [-0.2, -0.15) is 13.2 Å². The van der Waals surface area contributed by atoms with Crippen LogP contribution in [0.15, 0.2) is 12.4 Å². The predicted octanol–water partition coefficient (Wildman–Crippen LogP) is 1.84. The van der Waals surface area contributed by atoms with Crippen molar-refractivity contribution in [1.82, 2.24) is 19.8 Å². The van der Waals surface area contributed by atoms with Crippen LogP contribution in [-0.2, 0) is 18.4 Å². The molecule has 1 unspecified atom stereocenters. The predicted molar refractivity (Wildman–Crippen MR) is 77.4 cm³/mol. The molecule has 1 saturated carbocycles. The van der Waals surface area contributed by atoms with Crippen LogP contribution in [-0.4, -0.2) is 45.7 Å². The van der Waals surface area contributed by atoms with Crippen LogP contribution >= 0.6 is 0 Å². The van der Waals surface area contributed by atoms with Crippen molar-refractivity contribution in [1.29, 1.82) is 0 Å². The molecule has 1 spiro atoms. The molecule has 1 aromatic rings. The maximum absolute atomic E-state index is 12.7. The summed E-state index contributed by atoms with van der Waals surface area (Å²) in [6.07, 6.45) is 0.0596. The number of amides is 1. The second kappa shape index (κ2) is 5.81. The van der Waals surface area contributed by atoms with Crippen LogP contribution in [0.3, 0.4) is 0 Å². The number of hydrogen-bond donors (Lipinski definition) is 1. The van der Waals surface area contributed by atoms with E-state index in [0.717, 1.165) is 32.4 Å². The Morgan fingerprint density at radius 1 is 1.48 bits per heavy atom. The van der Waals surface area contributed by atoms with Gasteiger partial charge in [0.2, 0.25) is 5.91 Å². The van der Waals surface area contributed by atoms with Crippen LogP contribution in [0.4, 0.5) is 13.2 Å². The molecule has 23 heavy (non-hydrogen) atoms. The minimum Gasteiger partial charge on any atom is -0.337 e. The van der Waals surface area contributed by atoms with Crippen molar-refractivity contribution >= 4 is 5.91 Å². The normalized spacial score (nSPS) is 23.0. The Labute approximate surface area is 132 Å². The number of aryl methyl sites for hydroxylation is 1. The zero-order valence-electron chi connectivity index (χ0n) is 13.1. The van der Waals surface area contributed by atoms with E-state index in [2.05, 4.69) is 10.3 Å². The van der Waals surface area contributed by atoms with Crippen molar-refractivity contribution in [3.05, 3.63) is 18.2 Å². The highest BCUT2D eigenvalue weighted by atomic mass is 19.4. The van der Waals surface area contributed by atoms with E-state index < -0.39 is 18.5 Å². The molecule has 1 amide bonds. The Morgan fingerprint density at radius 3 is 2.74 bits per heavy atom. The summed E-state index contributed by atoms with van der Waals surface area (Å²) in [4.78, 5) is 17.8. The minimum atomic E-state index is -4.48. The molecule has 1 N–H and O–H groups in total. The van der Waals surface area contributed by atoms with Crippen molar-refractivity contribution in [2.24, 2.45) is 12.5 Å². The second-order valence-electron chi connectivity index (χ2n) is 6.60. The van der Waals surface area contributed by atoms with Crippen LogP contribution in [0, 0.1) is 5.41 Å². The first-order valence-electron chi connectivity index (χ1n) is 7.84. The van der Waals surface area contributed by atoms with Gasteiger partial charge in [-0.15, -0.1) is 0 Å². The quantitative estimate of drug-likeness (QED) is 0.916. The molecule has 1 saturated heterocycles. The van der Waals surface area contributed by atoms with Gasteiger partial charge in [-0.05, 0) is 37.8 Å². The summed E-state index contributed by atoms with van der Waals surface area (Å²) in [5.74, 6) is -0.239. The number of aromatic nitrogens is 2. The fraction of sp³-hybridized carbons (Fsp3) is 0.733. The Balaban J connectivity index is 1.77. The lowest BCUT2D eigenvalue weighted by Gasteiger charge is -2.29. The summed E-state index contributed by atoms with van der Waals surface area (Å²) >= 11 is 0. The number of nitrogens with one attached hydrogen (secondary N) is 1. The molecule has 2 heterocycles. The van der Waals surface area contributed by atoms with Gasteiger partial charge >= 0.3 is 6.18 Å². The van der Waals surface area contributed by atoms with Crippen LogP contribution in [0.2, 0.25) is 0 Å². The number of carbonyl (C=O) groups is 1. The molecule has 128 valence electrons. The monoisotopic (exact) mass is 330 g/mol. The lowest BCUT2D eigenvalue weighted by atomic mass is 9.93. The lowest BCUT2D eigenvalue weighted by Crippen LogP contribution is -2.41. The van der Waals surface area contributed by atoms with Crippen molar-refractivity contribution in [3.63, 3.8) is 0 Å². The largest absolute Gasteiger partial charge is 0.397 e. The van der Waals surface area contributed by atoms with Gasteiger partial charge < -0.3 is 14.8 Å². The first-order chi connectivity index (χ1) is 10.8. The Kier molecular flexibility index (Phi) is 4.12. The summed E-state index contributed by atoms with van der Waals surface area (Å²) in [7, 11) is 1.78. The lowest BCUT2D eigenvalue weighted by molar-refractivity contribution is -0.162. The van der Waals surface area contributed by atoms with Crippen molar-refractivity contribution < 1.29 is 18.0 Å².